The summed E-state index contributed by atoms with van der Waals surface area (Å²) in [4.78, 5) is 35.7. The number of nitrogens with zero attached hydrogens (tertiary/aromatic N) is 3. The van der Waals surface area contributed by atoms with Crippen LogP contribution >= 0.6 is 23.1 Å². The summed E-state index contributed by atoms with van der Waals surface area (Å²) in [5.74, 6) is 0.508. The maximum absolute atomic E-state index is 13.8. The Morgan fingerprint density at radius 3 is 2.49 bits per heavy atom. The Hall–Kier alpha value is -3.10. The molecule has 35 heavy (non-hydrogen) atoms. The van der Waals surface area contributed by atoms with Crippen LogP contribution in [0.25, 0.3) is 6.08 Å². The fourth-order valence-corrected chi connectivity index (χ4v) is 5.77. The molecule has 3 aromatic rings. The predicted molar refractivity (Wildman–Crippen MR) is 143 cm³/mol. The first-order valence-electron chi connectivity index (χ1n) is 11.5. The molecule has 0 N–H and O–H groups in total. The molecule has 0 fully saturated rings. The number of methoxy groups -OCH3 is 1. The summed E-state index contributed by atoms with van der Waals surface area (Å²) in [6.45, 7) is 6.89. The minimum atomic E-state index is -0.628. The number of likely N-dealkylation sites (N-methyl/N-ethyl adjacent to an activating group) is 1. The molecule has 182 valence electrons. The zero-order chi connectivity index (χ0) is 25.1. The number of allylic oxidation sites excluding steroid dienone is 1. The summed E-state index contributed by atoms with van der Waals surface area (Å²) in [6.07, 6.45) is 3.92. The van der Waals surface area contributed by atoms with Crippen molar-refractivity contribution in [3.63, 3.8) is 0 Å². The number of amides is 1. The molecule has 0 radical (unpaired) electrons. The van der Waals surface area contributed by atoms with Crippen LogP contribution in [0.5, 0.6) is 5.75 Å². The van der Waals surface area contributed by atoms with Crippen molar-refractivity contribution in [2.45, 2.75) is 31.7 Å². The summed E-state index contributed by atoms with van der Waals surface area (Å²) < 4.78 is 7.88. The minimum Gasteiger partial charge on any atom is -0.496 e. The van der Waals surface area contributed by atoms with Crippen LogP contribution in [0.2, 0.25) is 0 Å². The topological polar surface area (TPSA) is 63.9 Å². The van der Waals surface area contributed by atoms with Crippen molar-refractivity contribution in [2.24, 2.45) is 4.99 Å². The van der Waals surface area contributed by atoms with E-state index in [1.807, 2.05) is 81.6 Å². The van der Waals surface area contributed by atoms with Gasteiger partial charge >= 0.3 is 0 Å². The van der Waals surface area contributed by atoms with Crippen LogP contribution < -0.4 is 19.6 Å². The number of thioether (sulfide) groups is 1. The molecule has 1 aliphatic heterocycles. The fourth-order valence-electron chi connectivity index (χ4n) is 4.31. The first-order chi connectivity index (χ1) is 16.9. The molecular formula is C27H29N3O3S2. The SMILES string of the molecule is CCN(CC)C(=O)C1=C(C)N=c2s/c(=C/c3ccc(SC)cc3)c(=O)n2[C@H]1c1ccccc1OC. The zero-order valence-electron chi connectivity index (χ0n) is 20.6. The highest BCUT2D eigenvalue weighted by Gasteiger charge is 2.35. The van der Waals surface area contributed by atoms with Gasteiger partial charge in [-0.05, 0) is 56.9 Å². The number of carbonyl (C=O) groups is 1. The number of para-hydroxylation sites is 1. The van der Waals surface area contributed by atoms with Crippen LogP contribution in [0.15, 0.2) is 74.5 Å². The van der Waals surface area contributed by atoms with Crippen LogP contribution in [-0.2, 0) is 4.79 Å². The van der Waals surface area contributed by atoms with Crippen molar-refractivity contribution in [1.29, 1.82) is 0 Å². The Labute approximate surface area is 213 Å². The second-order valence-electron chi connectivity index (χ2n) is 8.07. The second kappa shape index (κ2) is 10.7. The van der Waals surface area contributed by atoms with Crippen molar-refractivity contribution in [1.82, 2.24) is 9.47 Å². The molecule has 0 bridgehead atoms. The molecule has 1 aromatic heterocycles. The summed E-state index contributed by atoms with van der Waals surface area (Å²) in [7, 11) is 1.60. The van der Waals surface area contributed by atoms with E-state index in [4.69, 9.17) is 9.73 Å². The van der Waals surface area contributed by atoms with Gasteiger partial charge in [0.2, 0.25) is 0 Å². The summed E-state index contributed by atoms with van der Waals surface area (Å²) in [5.41, 5.74) is 2.65. The standard InChI is InChI=1S/C27H29N3O3S2/c1-6-29(7-2)26(32)23-17(3)28-27-30(24(23)20-10-8-9-11-21(20)33-4)25(31)22(35-27)16-18-12-14-19(34-5)15-13-18/h8-16,24H,6-7H2,1-5H3/b22-16+/t24-/m0/s1. The molecule has 1 atom stereocenters. The molecule has 2 heterocycles. The van der Waals surface area contributed by atoms with Crippen molar-refractivity contribution in [3.8, 4) is 5.75 Å². The molecule has 0 saturated heterocycles. The number of carbonyl (C=O) groups excluding carboxylic acids is 1. The maximum Gasteiger partial charge on any atom is 0.271 e. The van der Waals surface area contributed by atoms with E-state index in [2.05, 4.69) is 0 Å². The third-order valence-corrected chi connectivity index (χ3v) is 7.88. The number of fused-ring (bicyclic) bond motifs is 1. The fraction of sp³-hybridized carbons (Fsp3) is 0.296. The molecule has 0 aliphatic carbocycles. The van der Waals surface area contributed by atoms with Crippen LogP contribution in [0.4, 0.5) is 0 Å². The Balaban J connectivity index is 1.96. The molecule has 1 aliphatic rings. The van der Waals surface area contributed by atoms with Gasteiger partial charge in [0.05, 0.1) is 22.9 Å². The number of thiazole rings is 1. The highest BCUT2D eigenvalue weighted by Crippen LogP contribution is 2.36. The van der Waals surface area contributed by atoms with E-state index in [1.54, 1.807) is 28.3 Å². The average Bonchev–Trinajstić information content (AvgIpc) is 3.18. The van der Waals surface area contributed by atoms with E-state index < -0.39 is 6.04 Å². The molecule has 4 rings (SSSR count). The first-order valence-corrected chi connectivity index (χ1v) is 13.6. The number of hydrogen-bond donors (Lipinski definition) is 0. The van der Waals surface area contributed by atoms with Gasteiger partial charge in [-0.3, -0.25) is 14.2 Å². The van der Waals surface area contributed by atoms with Gasteiger partial charge in [0.1, 0.15) is 11.8 Å². The first kappa shape index (κ1) is 25.0. The molecule has 0 spiro atoms. The van der Waals surface area contributed by atoms with Crippen LogP contribution in [0.1, 0.15) is 37.9 Å². The van der Waals surface area contributed by atoms with E-state index in [0.717, 1.165) is 16.0 Å². The van der Waals surface area contributed by atoms with Gasteiger partial charge in [-0.15, -0.1) is 11.8 Å². The zero-order valence-corrected chi connectivity index (χ0v) is 22.2. The van der Waals surface area contributed by atoms with Crippen LogP contribution in [0, 0.1) is 0 Å². The molecule has 8 heteroatoms. The maximum atomic E-state index is 13.8. The highest BCUT2D eigenvalue weighted by molar-refractivity contribution is 7.98. The van der Waals surface area contributed by atoms with Crippen LogP contribution in [0.3, 0.4) is 0 Å². The van der Waals surface area contributed by atoms with Gasteiger partial charge in [-0.1, -0.05) is 41.7 Å². The van der Waals surface area contributed by atoms with Gasteiger partial charge in [0.25, 0.3) is 11.5 Å². The Bertz CT molecular complexity index is 1450. The Morgan fingerprint density at radius 1 is 1.17 bits per heavy atom. The smallest absolute Gasteiger partial charge is 0.271 e. The Morgan fingerprint density at radius 2 is 1.86 bits per heavy atom. The number of hydrogen-bond acceptors (Lipinski definition) is 6. The third kappa shape index (κ3) is 4.73. The lowest BCUT2D eigenvalue weighted by atomic mass is 9.94. The number of ether oxygens (including phenoxy) is 1. The largest absolute Gasteiger partial charge is 0.496 e. The van der Waals surface area contributed by atoms with E-state index in [9.17, 15) is 9.59 Å². The number of benzene rings is 2. The number of rotatable bonds is 7. The lowest BCUT2D eigenvalue weighted by Gasteiger charge is -2.29. The van der Waals surface area contributed by atoms with Crippen molar-refractivity contribution < 1.29 is 9.53 Å². The molecule has 1 amide bonds. The summed E-state index contributed by atoms with van der Waals surface area (Å²) in [6, 6.07) is 15.0. The Kier molecular flexibility index (Phi) is 7.62. The van der Waals surface area contributed by atoms with Crippen molar-refractivity contribution in [3.05, 3.63) is 90.6 Å². The molecule has 0 unspecified atom stereocenters. The second-order valence-corrected chi connectivity index (χ2v) is 9.96. The van der Waals surface area contributed by atoms with Crippen molar-refractivity contribution >= 4 is 35.1 Å². The molecular weight excluding hydrogens is 478 g/mol. The van der Waals surface area contributed by atoms with Gasteiger partial charge in [-0.25, -0.2) is 4.99 Å². The molecule has 0 saturated carbocycles. The van der Waals surface area contributed by atoms with Gasteiger partial charge in [0.15, 0.2) is 4.80 Å². The lowest BCUT2D eigenvalue weighted by molar-refractivity contribution is -0.127. The van der Waals surface area contributed by atoms with Gasteiger partial charge in [0, 0.05) is 23.5 Å². The molecule has 2 aromatic carbocycles. The molecule has 6 nitrogen and oxygen atoms in total. The quantitative estimate of drug-likeness (QED) is 0.456. The van der Waals surface area contributed by atoms with E-state index in [0.29, 0.717) is 39.4 Å². The normalized spacial score (nSPS) is 15.6. The highest BCUT2D eigenvalue weighted by atomic mass is 32.2. The summed E-state index contributed by atoms with van der Waals surface area (Å²) >= 11 is 3.01. The van der Waals surface area contributed by atoms with E-state index in [-0.39, 0.29) is 11.5 Å². The minimum absolute atomic E-state index is 0.117. The summed E-state index contributed by atoms with van der Waals surface area (Å²) in [5, 5.41) is 0. The monoisotopic (exact) mass is 507 g/mol. The number of aromatic nitrogens is 1. The van der Waals surface area contributed by atoms with E-state index in [1.165, 1.54) is 11.3 Å². The van der Waals surface area contributed by atoms with Crippen LogP contribution in [-0.4, -0.2) is 41.8 Å². The lowest BCUT2D eigenvalue weighted by Crippen LogP contribution is -2.43. The van der Waals surface area contributed by atoms with Gasteiger partial charge in [-0.2, -0.15) is 0 Å². The van der Waals surface area contributed by atoms with E-state index >= 15 is 0 Å². The van der Waals surface area contributed by atoms with Gasteiger partial charge < -0.3 is 9.64 Å². The van der Waals surface area contributed by atoms with Crippen molar-refractivity contribution in [2.75, 3.05) is 26.5 Å². The predicted octanol–water partition coefficient (Wildman–Crippen LogP) is 3.83. The third-order valence-electron chi connectivity index (χ3n) is 6.15. The average molecular weight is 508 g/mol.